The lowest BCUT2D eigenvalue weighted by atomic mass is 10.1. The molecule has 9 heteroatoms. The quantitative estimate of drug-likeness (QED) is 0.306. The molecule has 32 heavy (non-hydrogen) atoms. The molecule has 8 nitrogen and oxygen atoms in total. The van der Waals surface area contributed by atoms with E-state index in [-0.39, 0.29) is 18.5 Å². The van der Waals surface area contributed by atoms with E-state index in [1.54, 1.807) is 17.8 Å². The number of aromatic nitrogens is 4. The summed E-state index contributed by atoms with van der Waals surface area (Å²) in [5.74, 6) is 1.43. The fourth-order valence-corrected chi connectivity index (χ4v) is 3.75. The molecule has 0 atom stereocenters. The van der Waals surface area contributed by atoms with E-state index in [1.807, 2.05) is 50.2 Å². The highest BCUT2D eigenvalue weighted by Crippen LogP contribution is 2.32. The first-order valence-corrected chi connectivity index (χ1v) is 11.2. The lowest BCUT2D eigenvalue weighted by Gasteiger charge is -2.11. The van der Waals surface area contributed by atoms with Gasteiger partial charge in [-0.15, -0.1) is 0 Å². The highest BCUT2D eigenvalue weighted by molar-refractivity contribution is 9.10. The predicted molar refractivity (Wildman–Crippen MR) is 123 cm³/mol. The first-order valence-electron chi connectivity index (χ1n) is 10.4. The fraction of sp³-hybridized carbons (Fsp3) is 0.304. The van der Waals surface area contributed by atoms with Gasteiger partial charge in [0.05, 0.1) is 41.9 Å². The molecule has 0 bridgehead atoms. The van der Waals surface area contributed by atoms with E-state index in [1.165, 1.54) is 0 Å². The monoisotopic (exact) mass is 498 g/mol. The van der Waals surface area contributed by atoms with Crippen molar-refractivity contribution in [1.82, 2.24) is 19.9 Å². The minimum Gasteiger partial charge on any atom is -0.490 e. The number of halogens is 1. The van der Waals surface area contributed by atoms with E-state index >= 15 is 0 Å². The van der Waals surface area contributed by atoms with Crippen molar-refractivity contribution in [3.63, 3.8) is 0 Å². The van der Waals surface area contributed by atoms with Crippen molar-refractivity contribution < 1.29 is 18.8 Å². The van der Waals surface area contributed by atoms with Crippen LogP contribution in [0.25, 0.3) is 33.7 Å². The average Bonchev–Trinajstić information content (AvgIpc) is 3.40. The summed E-state index contributed by atoms with van der Waals surface area (Å²) in [6.07, 6.45) is 2.11. The Morgan fingerprint density at radius 2 is 2.00 bits per heavy atom. The van der Waals surface area contributed by atoms with Crippen LogP contribution in [0.4, 0.5) is 0 Å². The highest BCUT2D eigenvalue weighted by Gasteiger charge is 2.14. The van der Waals surface area contributed by atoms with Crippen LogP contribution in [0.1, 0.15) is 27.2 Å². The maximum absolute atomic E-state index is 11.6. The molecule has 166 valence electrons. The lowest BCUT2D eigenvalue weighted by molar-refractivity contribution is -0.143. The van der Waals surface area contributed by atoms with Crippen LogP contribution in [-0.4, -0.2) is 38.6 Å². The third-order valence-corrected chi connectivity index (χ3v) is 5.32. The number of rotatable bonds is 8. The van der Waals surface area contributed by atoms with E-state index in [4.69, 9.17) is 14.0 Å². The topological polar surface area (TPSA) is 92.3 Å². The second kappa shape index (κ2) is 9.52. The summed E-state index contributed by atoms with van der Waals surface area (Å²) in [4.78, 5) is 16.2. The number of fused-ring (bicyclic) bond motifs is 1. The van der Waals surface area contributed by atoms with Gasteiger partial charge in [0.1, 0.15) is 5.75 Å². The molecule has 2 aromatic heterocycles. The number of benzene rings is 2. The molecule has 2 heterocycles. The minimum absolute atomic E-state index is 0.0802. The van der Waals surface area contributed by atoms with Crippen LogP contribution in [0.3, 0.4) is 0 Å². The first kappa shape index (κ1) is 22.0. The summed E-state index contributed by atoms with van der Waals surface area (Å²) >= 11 is 3.53. The van der Waals surface area contributed by atoms with E-state index in [0.29, 0.717) is 24.9 Å². The fourth-order valence-electron chi connectivity index (χ4n) is 3.28. The van der Waals surface area contributed by atoms with Gasteiger partial charge in [-0.1, -0.05) is 5.16 Å². The van der Waals surface area contributed by atoms with Gasteiger partial charge >= 0.3 is 5.97 Å². The number of nitrogens with zero attached hydrogens (tertiary/aromatic N) is 4. The van der Waals surface area contributed by atoms with Gasteiger partial charge in [0, 0.05) is 16.5 Å². The number of carbonyl (C=O) groups excluding carboxylic acids is 1. The Morgan fingerprint density at radius 1 is 1.19 bits per heavy atom. The van der Waals surface area contributed by atoms with Crippen molar-refractivity contribution in [3.8, 4) is 28.6 Å². The van der Waals surface area contributed by atoms with Crippen LogP contribution in [0.5, 0.6) is 5.75 Å². The van der Waals surface area contributed by atoms with Gasteiger partial charge in [-0.25, -0.2) is 0 Å². The lowest BCUT2D eigenvalue weighted by Crippen LogP contribution is -2.09. The molecule has 4 aromatic rings. The van der Waals surface area contributed by atoms with E-state index in [9.17, 15) is 4.79 Å². The number of aryl methyl sites for hydroxylation is 1. The summed E-state index contributed by atoms with van der Waals surface area (Å²) in [5.41, 5.74) is 2.53. The molecular weight excluding hydrogens is 476 g/mol. The number of esters is 1. The second-order valence-corrected chi connectivity index (χ2v) is 8.29. The van der Waals surface area contributed by atoms with E-state index < -0.39 is 0 Å². The van der Waals surface area contributed by atoms with Gasteiger partial charge in [-0.3, -0.25) is 9.48 Å². The zero-order valence-electron chi connectivity index (χ0n) is 18.0. The Morgan fingerprint density at radius 3 is 2.75 bits per heavy atom. The predicted octanol–water partition coefficient (Wildman–Crippen LogP) is 5.26. The zero-order valence-corrected chi connectivity index (χ0v) is 19.6. The smallest absolute Gasteiger partial charge is 0.307 e. The highest BCUT2D eigenvalue weighted by atomic mass is 79.9. The summed E-state index contributed by atoms with van der Waals surface area (Å²) in [7, 11) is 0. The molecule has 0 aliphatic heterocycles. The number of ether oxygens (including phenoxy) is 2. The molecule has 0 aliphatic carbocycles. The summed E-state index contributed by atoms with van der Waals surface area (Å²) in [5, 5.41) is 9.44. The zero-order chi connectivity index (χ0) is 22.7. The molecular formula is C23H23BrN4O4. The maximum atomic E-state index is 11.6. The van der Waals surface area contributed by atoms with E-state index in [2.05, 4.69) is 31.2 Å². The third-order valence-electron chi connectivity index (χ3n) is 4.70. The number of hydrogen-bond donors (Lipinski definition) is 0. The Bertz CT molecular complexity index is 1250. The second-order valence-electron chi connectivity index (χ2n) is 7.43. The van der Waals surface area contributed by atoms with Crippen molar-refractivity contribution >= 4 is 32.8 Å². The van der Waals surface area contributed by atoms with Crippen molar-refractivity contribution in [2.75, 3.05) is 6.61 Å². The Kier molecular flexibility index (Phi) is 6.55. The van der Waals surface area contributed by atoms with Crippen LogP contribution in [-0.2, 0) is 16.1 Å². The molecule has 0 aliphatic rings. The first-order chi connectivity index (χ1) is 15.4. The molecule has 0 saturated heterocycles. The molecule has 0 spiro atoms. The normalized spacial score (nSPS) is 11.3. The van der Waals surface area contributed by atoms with Gasteiger partial charge in [0.15, 0.2) is 0 Å². The van der Waals surface area contributed by atoms with Crippen LogP contribution in [0.2, 0.25) is 0 Å². The van der Waals surface area contributed by atoms with Crippen LogP contribution in [0, 0.1) is 0 Å². The Labute approximate surface area is 193 Å². The summed E-state index contributed by atoms with van der Waals surface area (Å²) in [6, 6.07) is 11.5. The standard InChI is InChI=1S/C23H23BrN4O4/c1-4-30-21(29)9-10-28-19-7-5-15(11-17(19)13-25-28)22-26-23(32-27-22)16-6-8-20(18(24)12-16)31-14(2)3/h5-8,11-14H,4,9-10H2,1-3H3. The minimum atomic E-state index is -0.234. The largest absolute Gasteiger partial charge is 0.490 e. The van der Waals surface area contributed by atoms with E-state index in [0.717, 1.165) is 32.3 Å². The maximum Gasteiger partial charge on any atom is 0.307 e. The van der Waals surface area contributed by atoms with Crippen molar-refractivity contribution in [2.24, 2.45) is 0 Å². The summed E-state index contributed by atoms with van der Waals surface area (Å²) in [6.45, 7) is 6.58. The molecule has 4 rings (SSSR count). The van der Waals surface area contributed by atoms with Crippen LogP contribution in [0.15, 0.2) is 51.6 Å². The van der Waals surface area contributed by atoms with Gasteiger partial charge < -0.3 is 14.0 Å². The van der Waals surface area contributed by atoms with Gasteiger partial charge in [-0.2, -0.15) is 10.1 Å². The van der Waals surface area contributed by atoms with Crippen LogP contribution < -0.4 is 4.74 Å². The van der Waals surface area contributed by atoms with Crippen molar-refractivity contribution in [2.45, 2.75) is 39.8 Å². The van der Waals surface area contributed by atoms with Gasteiger partial charge in [0.25, 0.3) is 5.89 Å². The van der Waals surface area contributed by atoms with Crippen LogP contribution >= 0.6 is 15.9 Å². The molecule has 0 unspecified atom stereocenters. The number of carbonyl (C=O) groups is 1. The average molecular weight is 499 g/mol. The third kappa shape index (κ3) is 4.83. The van der Waals surface area contributed by atoms with Gasteiger partial charge in [-0.05, 0) is 73.1 Å². The molecule has 0 fully saturated rings. The molecule has 0 radical (unpaired) electrons. The summed E-state index contributed by atoms with van der Waals surface area (Å²) < 4.78 is 18.8. The van der Waals surface area contributed by atoms with Crippen molar-refractivity contribution in [1.29, 1.82) is 0 Å². The molecule has 2 aromatic carbocycles. The molecule has 0 amide bonds. The van der Waals surface area contributed by atoms with Gasteiger partial charge in [0.2, 0.25) is 5.82 Å². The molecule has 0 N–H and O–H groups in total. The van der Waals surface area contributed by atoms with Crippen molar-refractivity contribution in [3.05, 3.63) is 47.1 Å². The SMILES string of the molecule is CCOC(=O)CCn1ncc2cc(-c3noc(-c4ccc(OC(C)C)c(Br)c4)n3)ccc21. The Hall–Kier alpha value is -3.20. The Balaban J connectivity index is 1.53. The molecule has 0 saturated carbocycles. The number of hydrogen-bond acceptors (Lipinski definition) is 7.